The van der Waals surface area contributed by atoms with Crippen molar-refractivity contribution >= 4 is 28.8 Å². The lowest BCUT2D eigenvalue weighted by Crippen LogP contribution is -2.26. The Morgan fingerprint density at radius 3 is 1.79 bits per heavy atom. The quantitative estimate of drug-likeness (QED) is 0.152. The van der Waals surface area contributed by atoms with E-state index in [-0.39, 0.29) is 0 Å². The van der Waals surface area contributed by atoms with Crippen molar-refractivity contribution in [3.05, 3.63) is 48.7 Å². The summed E-state index contributed by atoms with van der Waals surface area (Å²) in [5, 5.41) is 0. The van der Waals surface area contributed by atoms with E-state index in [1.54, 1.807) is 7.11 Å². The highest BCUT2D eigenvalue weighted by molar-refractivity contribution is 7.99. The molecule has 0 saturated heterocycles. The molecule has 0 fully saturated rings. The number of ether oxygens (including phenoxy) is 1. The molecule has 3 rings (SSSR count). The number of anilines is 3. The zero-order chi connectivity index (χ0) is 27.9. The first kappa shape index (κ1) is 31.5. The molecule has 0 radical (unpaired) electrons. The fraction of sp³-hybridized carbons (Fsp3) is 0.600. The van der Waals surface area contributed by atoms with Gasteiger partial charge < -0.3 is 14.5 Å². The highest BCUT2D eigenvalue weighted by atomic mass is 32.2. The van der Waals surface area contributed by atoms with Gasteiger partial charge in [0.2, 0.25) is 0 Å². The molecule has 0 amide bonds. The van der Waals surface area contributed by atoms with E-state index in [0.29, 0.717) is 0 Å². The molecule has 4 heteroatoms. The number of nitrogens with zero attached hydrogens (tertiary/aromatic N) is 2. The number of benzene rings is 2. The molecule has 0 N–H and O–H groups in total. The minimum atomic E-state index is 0.898. The fourth-order valence-electron chi connectivity index (χ4n) is 5.55. The molecule has 2 aromatic carbocycles. The summed E-state index contributed by atoms with van der Waals surface area (Å²) in [5.74, 6) is 0.898. The second kappa shape index (κ2) is 17.6. The number of hydrogen-bond acceptors (Lipinski definition) is 4. The van der Waals surface area contributed by atoms with Crippen molar-refractivity contribution in [2.45, 2.75) is 127 Å². The summed E-state index contributed by atoms with van der Waals surface area (Å²) in [6, 6.07) is 13.3. The van der Waals surface area contributed by atoms with Crippen molar-refractivity contribution in [1.29, 1.82) is 0 Å². The Labute approximate surface area is 244 Å². The predicted octanol–water partition coefficient (Wildman–Crippen LogP) is 11.5. The lowest BCUT2D eigenvalue weighted by molar-refractivity contribution is 0.413. The maximum atomic E-state index is 5.52. The summed E-state index contributed by atoms with van der Waals surface area (Å²) in [6.45, 7) is 13.2. The lowest BCUT2D eigenvalue weighted by atomic mass is 10.0. The Hall–Kier alpha value is -2.07. The molecule has 1 aliphatic rings. The van der Waals surface area contributed by atoms with Gasteiger partial charge in [-0.25, -0.2) is 0 Å². The summed E-state index contributed by atoms with van der Waals surface area (Å²) in [7, 11) is 1.74. The molecule has 2 aromatic rings. The van der Waals surface area contributed by atoms with Gasteiger partial charge in [-0.05, 0) is 56.2 Å². The molecule has 3 nitrogen and oxygen atoms in total. The lowest BCUT2D eigenvalue weighted by Gasteiger charge is -2.34. The molecule has 0 saturated carbocycles. The number of methoxy groups -OCH3 is 1. The highest BCUT2D eigenvalue weighted by Gasteiger charge is 2.25. The van der Waals surface area contributed by atoms with Gasteiger partial charge in [-0.1, -0.05) is 116 Å². The highest BCUT2D eigenvalue weighted by Crippen LogP contribution is 2.51. The van der Waals surface area contributed by atoms with E-state index in [1.807, 2.05) is 17.8 Å². The van der Waals surface area contributed by atoms with E-state index in [0.717, 1.165) is 24.5 Å². The summed E-state index contributed by atoms with van der Waals surface area (Å²) < 4.78 is 5.52. The molecule has 0 aliphatic carbocycles. The van der Waals surface area contributed by atoms with E-state index < -0.39 is 0 Å². The SMILES string of the molecule is C=C(C)N1c2ccc(OC)cc2Sc2cc(N(CCCC)CCCCCCCCCCCCCCC)ccc21. The molecule has 1 heterocycles. The summed E-state index contributed by atoms with van der Waals surface area (Å²) in [4.78, 5) is 7.42. The van der Waals surface area contributed by atoms with Gasteiger partial charge >= 0.3 is 0 Å². The van der Waals surface area contributed by atoms with Crippen LogP contribution in [-0.4, -0.2) is 20.2 Å². The van der Waals surface area contributed by atoms with Gasteiger partial charge in [0, 0.05) is 34.3 Å². The number of allylic oxidation sites excluding steroid dienone is 1. The van der Waals surface area contributed by atoms with Gasteiger partial charge in [-0.3, -0.25) is 0 Å². The van der Waals surface area contributed by atoms with Crippen LogP contribution in [0.5, 0.6) is 5.75 Å². The first-order valence-corrected chi connectivity index (χ1v) is 16.6. The van der Waals surface area contributed by atoms with Gasteiger partial charge in [0.15, 0.2) is 0 Å². The molecule has 0 atom stereocenters. The Bertz CT molecular complexity index is 1000. The molecule has 216 valence electrons. The molecule has 1 aliphatic heterocycles. The number of fused-ring (bicyclic) bond motifs is 2. The average Bonchev–Trinajstić information content (AvgIpc) is 2.94. The van der Waals surface area contributed by atoms with Gasteiger partial charge in [0.1, 0.15) is 5.75 Å². The molecule has 0 bridgehead atoms. The van der Waals surface area contributed by atoms with Crippen molar-refractivity contribution in [2.24, 2.45) is 0 Å². The van der Waals surface area contributed by atoms with E-state index in [2.05, 4.69) is 67.5 Å². The van der Waals surface area contributed by atoms with Crippen molar-refractivity contribution in [1.82, 2.24) is 0 Å². The fourth-order valence-corrected chi connectivity index (χ4v) is 6.67. The summed E-state index contributed by atoms with van der Waals surface area (Å²) >= 11 is 1.85. The third kappa shape index (κ3) is 9.81. The molecular formula is C35H54N2OS. The second-order valence-corrected chi connectivity index (χ2v) is 12.3. The van der Waals surface area contributed by atoms with Crippen LogP contribution in [0.2, 0.25) is 0 Å². The smallest absolute Gasteiger partial charge is 0.120 e. The second-order valence-electron chi connectivity index (χ2n) is 11.2. The monoisotopic (exact) mass is 550 g/mol. The molecule has 0 unspecified atom stereocenters. The average molecular weight is 551 g/mol. The van der Waals surface area contributed by atoms with Gasteiger partial charge in [0.05, 0.1) is 18.5 Å². The van der Waals surface area contributed by atoms with Crippen LogP contribution in [0, 0.1) is 0 Å². The largest absolute Gasteiger partial charge is 0.497 e. The van der Waals surface area contributed by atoms with Crippen LogP contribution in [0.1, 0.15) is 117 Å². The van der Waals surface area contributed by atoms with Crippen LogP contribution >= 0.6 is 11.8 Å². The van der Waals surface area contributed by atoms with Crippen LogP contribution in [0.15, 0.2) is 58.5 Å². The molecule has 0 aromatic heterocycles. The third-order valence-corrected chi connectivity index (χ3v) is 8.97. The van der Waals surface area contributed by atoms with Crippen LogP contribution in [0.25, 0.3) is 0 Å². The molecule has 39 heavy (non-hydrogen) atoms. The van der Waals surface area contributed by atoms with E-state index in [1.165, 1.54) is 123 Å². The minimum Gasteiger partial charge on any atom is -0.497 e. The number of unbranched alkanes of at least 4 members (excludes halogenated alkanes) is 13. The van der Waals surface area contributed by atoms with Gasteiger partial charge in [-0.2, -0.15) is 0 Å². The minimum absolute atomic E-state index is 0.898. The Morgan fingerprint density at radius 1 is 0.718 bits per heavy atom. The van der Waals surface area contributed by atoms with Crippen LogP contribution in [-0.2, 0) is 0 Å². The van der Waals surface area contributed by atoms with Crippen LogP contribution in [0.3, 0.4) is 0 Å². The Morgan fingerprint density at radius 2 is 1.23 bits per heavy atom. The first-order valence-electron chi connectivity index (χ1n) is 15.8. The van der Waals surface area contributed by atoms with Crippen molar-refractivity contribution in [3.8, 4) is 5.75 Å². The van der Waals surface area contributed by atoms with Crippen LogP contribution < -0.4 is 14.5 Å². The number of rotatable bonds is 20. The molecular weight excluding hydrogens is 496 g/mol. The van der Waals surface area contributed by atoms with E-state index in [4.69, 9.17) is 4.74 Å². The topological polar surface area (TPSA) is 15.7 Å². The first-order chi connectivity index (χ1) is 19.1. The zero-order valence-corrected chi connectivity index (χ0v) is 26.2. The van der Waals surface area contributed by atoms with Crippen LogP contribution in [0.4, 0.5) is 17.1 Å². The summed E-state index contributed by atoms with van der Waals surface area (Å²) in [5.41, 5.74) is 4.79. The van der Waals surface area contributed by atoms with Crippen molar-refractivity contribution < 1.29 is 4.74 Å². The Kier molecular flexibility index (Phi) is 14.2. The van der Waals surface area contributed by atoms with Crippen molar-refractivity contribution in [3.63, 3.8) is 0 Å². The molecule has 0 spiro atoms. The standard InChI is InChI=1S/C35H54N2OS/c1-6-8-10-11-12-13-14-15-16-17-18-19-20-26-36(25-9-7-2)30-21-23-32-34(27-30)39-35-28-31(38-5)22-24-33(35)37(32)29(3)4/h21-24,27-28H,3,6-20,25-26H2,1-2,4-5H3. The number of hydrogen-bond donors (Lipinski definition) is 0. The van der Waals surface area contributed by atoms with E-state index >= 15 is 0 Å². The normalized spacial score (nSPS) is 12.3. The summed E-state index contributed by atoms with van der Waals surface area (Å²) in [6.07, 6.45) is 20.7. The van der Waals surface area contributed by atoms with Crippen molar-refractivity contribution in [2.75, 3.05) is 30.0 Å². The Balaban J connectivity index is 1.51. The maximum Gasteiger partial charge on any atom is 0.120 e. The van der Waals surface area contributed by atoms with Gasteiger partial charge in [0.25, 0.3) is 0 Å². The van der Waals surface area contributed by atoms with Gasteiger partial charge in [-0.15, -0.1) is 0 Å². The van der Waals surface area contributed by atoms with E-state index in [9.17, 15) is 0 Å². The third-order valence-electron chi connectivity index (χ3n) is 7.87. The maximum absolute atomic E-state index is 5.52. The predicted molar refractivity (Wildman–Crippen MR) is 173 cm³/mol. The zero-order valence-electron chi connectivity index (χ0n) is 25.4.